The molecule has 2 rings (SSSR count). The number of ether oxygens (including phenoxy) is 1. The molecule has 0 aliphatic heterocycles. The number of nitrogens with one attached hydrogen (secondary N) is 2. The van der Waals surface area contributed by atoms with Crippen LogP contribution in [0.1, 0.15) is 10.4 Å². The summed E-state index contributed by atoms with van der Waals surface area (Å²) in [6.07, 6.45) is 0. The average Bonchev–Trinajstić information content (AvgIpc) is 2.46. The smallest absolute Gasteiger partial charge is 0.261 e. The molecule has 0 unspecified atom stereocenters. The summed E-state index contributed by atoms with van der Waals surface area (Å²) in [6.45, 7) is 0. The zero-order valence-corrected chi connectivity index (χ0v) is 11.0. The van der Waals surface area contributed by atoms with Crippen molar-refractivity contribution in [3.8, 4) is 5.75 Å². The summed E-state index contributed by atoms with van der Waals surface area (Å²) in [4.78, 5) is 23.8. The van der Waals surface area contributed by atoms with Crippen LogP contribution >= 0.6 is 0 Å². The molecule has 0 saturated heterocycles. The van der Waals surface area contributed by atoms with Crippen LogP contribution in [-0.2, 0) is 0 Å². The van der Waals surface area contributed by atoms with E-state index >= 15 is 0 Å². The Morgan fingerprint density at radius 1 is 1.20 bits per heavy atom. The van der Waals surface area contributed by atoms with Crippen molar-refractivity contribution in [2.45, 2.75) is 0 Å². The number of aromatic nitrogens is 3. The number of para-hydroxylation sites is 1. The van der Waals surface area contributed by atoms with E-state index < -0.39 is 5.91 Å². The minimum absolute atomic E-state index is 0.0136. The standard InChI is InChI=1S/C12H14N6O2/c1-14-11-16-10(13)17-12(18-11)15-9(19)7-5-3-4-6-8(7)20-2/h3-6H,1-2H3,(H4,13,14,15,16,17,18,19). The molecule has 8 heteroatoms. The van der Waals surface area contributed by atoms with Gasteiger partial charge in [-0.3, -0.25) is 10.1 Å². The highest BCUT2D eigenvalue weighted by molar-refractivity contribution is 6.05. The molecular formula is C12H14N6O2. The lowest BCUT2D eigenvalue weighted by Gasteiger charge is -2.08. The van der Waals surface area contributed by atoms with E-state index in [1.807, 2.05) is 0 Å². The van der Waals surface area contributed by atoms with Crippen LogP contribution < -0.4 is 21.1 Å². The van der Waals surface area contributed by atoms with Crippen LogP contribution in [0.3, 0.4) is 0 Å². The van der Waals surface area contributed by atoms with Gasteiger partial charge in [-0.25, -0.2) is 0 Å². The van der Waals surface area contributed by atoms with E-state index in [-0.39, 0.29) is 17.8 Å². The lowest BCUT2D eigenvalue weighted by Crippen LogP contribution is -2.17. The molecule has 1 amide bonds. The number of nitrogens with zero attached hydrogens (tertiary/aromatic N) is 3. The molecule has 0 saturated carbocycles. The molecule has 0 spiro atoms. The largest absolute Gasteiger partial charge is 0.496 e. The monoisotopic (exact) mass is 274 g/mol. The van der Waals surface area contributed by atoms with Crippen molar-refractivity contribution in [1.82, 2.24) is 15.0 Å². The zero-order chi connectivity index (χ0) is 14.5. The van der Waals surface area contributed by atoms with Gasteiger partial charge < -0.3 is 15.8 Å². The Labute approximate surface area is 115 Å². The van der Waals surface area contributed by atoms with E-state index in [1.54, 1.807) is 31.3 Å². The predicted molar refractivity (Wildman–Crippen MR) is 74.7 cm³/mol. The van der Waals surface area contributed by atoms with E-state index in [2.05, 4.69) is 25.6 Å². The minimum Gasteiger partial charge on any atom is -0.496 e. The normalized spacial score (nSPS) is 9.90. The molecule has 104 valence electrons. The van der Waals surface area contributed by atoms with Gasteiger partial charge in [-0.1, -0.05) is 12.1 Å². The van der Waals surface area contributed by atoms with E-state index in [4.69, 9.17) is 10.5 Å². The quantitative estimate of drug-likeness (QED) is 0.753. The summed E-state index contributed by atoms with van der Waals surface area (Å²) in [5, 5.41) is 5.27. The number of anilines is 3. The lowest BCUT2D eigenvalue weighted by molar-refractivity contribution is 0.102. The van der Waals surface area contributed by atoms with Crippen molar-refractivity contribution in [2.75, 3.05) is 30.5 Å². The second-order valence-corrected chi connectivity index (χ2v) is 3.75. The van der Waals surface area contributed by atoms with E-state index in [0.29, 0.717) is 11.3 Å². The molecule has 4 N–H and O–H groups in total. The fraction of sp³-hybridized carbons (Fsp3) is 0.167. The molecule has 20 heavy (non-hydrogen) atoms. The highest BCUT2D eigenvalue weighted by atomic mass is 16.5. The number of methoxy groups -OCH3 is 1. The molecule has 1 heterocycles. The third-order valence-electron chi connectivity index (χ3n) is 2.45. The average molecular weight is 274 g/mol. The summed E-state index contributed by atoms with van der Waals surface area (Å²) in [5.74, 6) is 0.418. The third kappa shape index (κ3) is 2.91. The van der Waals surface area contributed by atoms with Crippen LogP contribution in [0.5, 0.6) is 5.75 Å². The minimum atomic E-state index is -0.393. The number of carbonyl (C=O) groups is 1. The zero-order valence-electron chi connectivity index (χ0n) is 11.0. The SMILES string of the molecule is CNc1nc(N)nc(NC(=O)c2ccccc2OC)n1. The van der Waals surface area contributed by atoms with Gasteiger partial charge >= 0.3 is 0 Å². The predicted octanol–water partition coefficient (Wildman–Crippen LogP) is 0.756. The van der Waals surface area contributed by atoms with Crippen molar-refractivity contribution in [3.05, 3.63) is 29.8 Å². The first-order chi connectivity index (χ1) is 9.63. The lowest BCUT2D eigenvalue weighted by atomic mass is 10.2. The highest BCUT2D eigenvalue weighted by Gasteiger charge is 2.13. The third-order valence-corrected chi connectivity index (χ3v) is 2.45. The number of carbonyl (C=O) groups excluding carboxylic acids is 1. The number of hydrogen-bond acceptors (Lipinski definition) is 7. The Morgan fingerprint density at radius 2 is 1.90 bits per heavy atom. The van der Waals surface area contributed by atoms with Gasteiger partial charge in [0.2, 0.25) is 17.8 Å². The Balaban J connectivity index is 2.25. The summed E-state index contributed by atoms with van der Waals surface area (Å²) < 4.78 is 5.12. The van der Waals surface area contributed by atoms with Crippen molar-refractivity contribution in [1.29, 1.82) is 0 Å². The number of benzene rings is 1. The van der Waals surface area contributed by atoms with Gasteiger partial charge in [0.15, 0.2) is 0 Å². The van der Waals surface area contributed by atoms with Crippen LogP contribution in [0, 0.1) is 0 Å². The van der Waals surface area contributed by atoms with Crippen LogP contribution in [0.15, 0.2) is 24.3 Å². The molecule has 0 atom stereocenters. The van der Waals surface area contributed by atoms with Crippen molar-refractivity contribution < 1.29 is 9.53 Å². The molecule has 0 bridgehead atoms. The molecule has 0 radical (unpaired) electrons. The van der Waals surface area contributed by atoms with Crippen LogP contribution in [0.2, 0.25) is 0 Å². The van der Waals surface area contributed by atoms with E-state index in [0.717, 1.165) is 0 Å². The first-order valence-electron chi connectivity index (χ1n) is 5.77. The molecule has 0 aliphatic carbocycles. The van der Waals surface area contributed by atoms with Gasteiger partial charge in [-0.15, -0.1) is 0 Å². The maximum absolute atomic E-state index is 12.2. The van der Waals surface area contributed by atoms with Gasteiger partial charge in [0.05, 0.1) is 12.7 Å². The van der Waals surface area contributed by atoms with Gasteiger partial charge in [-0.2, -0.15) is 15.0 Å². The molecule has 0 fully saturated rings. The Kier molecular flexibility index (Phi) is 3.94. The molecule has 1 aromatic carbocycles. The summed E-state index contributed by atoms with van der Waals surface area (Å²) >= 11 is 0. The van der Waals surface area contributed by atoms with Gasteiger partial charge in [0.1, 0.15) is 5.75 Å². The summed E-state index contributed by atoms with van der Waals surface area (Å²) in [6, 6.07) is 6.83. The van der Waals surface area contributed by atoms with Crippen LogP contribution in [0.4, 0.5) is 17.8 Å². The molecule has 2 aromatic rings. The van der Waals surface area contributed by atoms with Crippen LogP contribution in [0.25, 0.3) is 0 Å². The van der Waals surface area contributed by atoms with Crippen molar-refractivity contribution >= 4 is 23.8 Å². The summed E-state index contributed by atoms with van der Waals surface area (Å²) in [7, 11) is 3.13. The van der Waals surface area contributed by atoms with Crippen molar-refractivity contribution in [2.24, 2.45) is 0 Å². The first-order valence-corrected chi connectivity index (χ1v) is 5.77. The second kappa shape index (κ2) is 5.83. The molecule has 1 aromatic heterocycles. The van der Waals surface area contributed by atoms with E-state index in [9.17, 15) is 4.79 Å². The fourth-order valence-corrected chi connectivity index (χ4v) is 1.56. The van der Waals surface area contributed by atoms with Gasteiger partial charge in [0, 0.05) is 7.05 Å². The highest BCUT2D eigenvalue weighted by Crippen LogP contribution is 2.18. The number of rotatable bonds is 4. The number of nitrogen functional groups attached to an aromatic ring is 1. The number of hydrogen-bond donors (Lipinski definition) is 3. The Hall–Kier alpha value is -2.90. The van der Waals surface area contributed by atoms with Gasteiger partial charge in [-0.05, 0) is 12.1 Å². The maximum Gasteiger partial charge on any atom is 0.261 e. The first kappa shape index (κ1) is 13.5. The Morgan fingerprint density at radius 3 is 2.60 bits per heavy atom. The summed E-state index contributed by atoms with van der Waals surface area (Å²) in [5.41, 5.74) is 5.90. The van der Waals surface area contributed by atoms with Crippen LogP contribution in [-0.4, -0.2) is 35.0 Å². The molecular weight excluding hydrogens is 260 g/mol. The number of nitrogens with two attached hydrogens (primary N) is 1. The van der Waals surface area contributed by atoms with Gasteiger partial charge in [0.25, 0.3) is 5.91 Å². The topological polar surface area (TPSA) is 115 Å². The fourth-order valence-electron chi connectivity index (χ4n) is 1.56. The molecule has 8 nitrogen and oxygen atoms in total. The second-order valence-electron chi connectivity index (χ2n) is 3.75. The Bertz CT molecular complexity index is 631. The van der Waals surface area contributed by atoms with Crippen molar-refractivity contribution in [3.63, 3.8) is 0 Å². The number of amides is 1. The maximum atomic E-state index is 12.2. The molecule has 0 aliphatic rings. The van der Waals surface area contributed by atoms with E-state index in [1.165, 1.54) is 7.11 Å².